The van der Waals surface area contributed by atoms with Crippen LogP contribution < -0.4 is 14.5 Å². The quantitative estimate of drug-likeness (QED) is 0.331. The molecule has 0 bridgehead atoms. The number of amides is 1. The van der Waals surface area contributed by atoms with Crippen LogP contribution in [0.15, 0.2) is 67.4 Å². The number of hydrogen-bond acceptors (Lipinski definition) is 5. The lowest BCUT2D eigenvalue weighted by atomic mass is 9.97. The van der Waals surface area contributed by atoms with Crippen LogP contribution in [-0.4, -0.2) is 68.2 Å². The van der Waals surface area contributed by atoms with Gasteiger partial charge in [-0.2, -0.15) is 0 Å². The molecule has 0 spiro atoms. The van der Waals surface area contributed by atoms with Crippen molar-refractivity contribution in [3.05, 3.63) is 72.4 Å². The summed E-state index contributed by atoms with van der Waals surface area (Å²) in [6.45, 7) is 6.47. The summed E-state index contributed by atoms with van der Waals surface area (Å²) < 4.78 is 5.83. The maximum atomic E-state index is 12.6. The van der Waals surface area contributed by atoms with Crippen LogP contribution in [0.5, 0.6) is 5.75 Å². The van der Waals surface area contributed by atoms with E-state index in [1.165, 1.54) is 6.08 Å². The third-order valence-electron chi connectivity index (χ3n) is 6.67. The second-order valence-corrected chi connectivity index (χ2v) is 9.80. The summed E-state index contributed by atoms with van der Waals surface area (Å²) in [6.07, 6.45) is 3.03. The van der Waals surface area contributed by atoms with Crippen LogP contribution in [0.25, 0.3) is 33.4 Å². The Morgan fingerprint density at radius 1 is 1.14 bits per heavy atom. The van der Waals surface area contributed by atoms with Gasteiger partial charge in [0.15, 0.2) is 0 Å². The van der Waals surface area contributed by atoms with Crippen LogP contribution in [0.4, 0.5) is 11.4 Å². The molecule has 0 aliphatic carbocycles. The number of carbonyl (C=O) groups excluding carboxylic acids is 1. The van der Waals surface area contributed by atoms with Gasteiger partial charge >= 0.3 is 0 Å². The minimum atomic E-state index is -0.158. The second-order valence-electron chi connectivity index (χ2n) is 9.39. The van der Waals surface area contributed by atoms with Crippen molar-refractivity contribution < 1.29 is 9.53 Å². The van der Waals surface area contributed by atoms with Crippen LogP contribution in [0.2, 0.25) is 5.02 Å². The number of ether oxygens (including phenoxy) is 1. The topological polar surface area (TPSA) is 64.7 Å². The van der Waals surface area contributed by atoms with Crippen molar-refractivity contribution in [1.82, 2.24) is 14.9 Å². The van der Waals surface area contributed by atoms with E-state index in [2.05, 4.69) is 71.8 Å². The number of halogens is 1. The Morgan fingerprint density at radius 3 is 2.62 bits per heavy atom. The van der Waals surface area contributed by atoms with Crippen molar-refractivity contribution >= 4 is 39.9 Å². The lowest BCUT2D eigenvalue weighted by Gasteiger charge is -2.29. The average Bonchev–Trinajstić information content (AvgIpc) is 3.31. The smallest absolute Gasteiger partial charge is 0.250 e. The van der Waals surface area contributed by atoms with E-state index >= 15 is 0 Å². The van der Waals surface area contributed by atoms with Crippen molar-refractivity contribution in [2.75, 3.05) is 57.2 Å². The van der Waals surface area contributed by atoms with E-state index in [0.29, 0.717) is 35.3 Å². The first-order valence-electron chi connectivity index (χ1n) is 12.2. The number of hydrogen-bond donors (Lipinski definition) is 1. The first-order valence-corrected chi connectivity index (χ1v) is 12.6. The lowest BCUT2D eigenvalue weighted by molar-refractivity contribution is -0.114. The zero-order chi connectivity index (χ0) is 26.1. The Bertz CT molecular complexity index is 1460. The molecule has 37 heavy (non-hydrogen) atoms. The van der Waals surface area contributed by atoms with E-state index in [-0.39, 0.29) is 5.91 Å². The van der Waals surface area contributed by atoms with Crippen molar-refractivity contribution in [3.63, 3.8) is 0 Å². The highest BCUT2D eigenvalue weighted by atomic mass is 35.5. The van der Waals surface area contributed by atoms with E-state index < -0.39 is 0 Å². The molecule has 1 aliphatic heterocycles. The molecule has 1 N–H and O–H groups in total. The highest BCUT2D eigenvalue weighted by molar-refractivity contribution is 6.36. The number of fused-ring (bicyclic) bond motifs is 2. The average molecular weight is 516 g/mol. The molecule has 8 heteroatoms. The molecule has 5 rings (SSSR count). The molecule has 1 amide bonds. The van der Waals surface area contributed by atoms with Gasteiger partial charge in [-0.3, -0.25) is 4.79 Å². The van der Waals surface area contributed by atoms with Gasteiger partial charge in [-0.1, -0.05) is 36.4 Å². The van der Waals surface area contributed by atoms with Gasteiger partial charge in [0, 0.05) is 43.0 Å². The predicted molar refractivity (Wildman–Crippen MR) is 152 cm³/mol. The molecule has 2 aromatic heterocycles. The normalized spacial score (nSPS) is 12.9. The van der Waals surface area contributed by atoms with E-state index in [4.69, 9.17) is 16.3 Å². The van der Waals surface area contributed by atoms with Gasteiger partial charge in [0.1, 0.15) is 18.0 Å². The van der Waals surface area contributed by atoms with Crippen molar-refractivity contribution in [3.8, 4) is 28.1 Å². The van der Waals surface area contributed by atoms with Crippen molar-refractivity contribution in [2.24, 2.45) is 0 Å². The molecule has 0 atom stereocenters. The molecular weight excluding hydrogens is 486 g/mol. The predicted octanol–water partition coefficient (Wildman–Crippen LogP) is 5.46. The third kappa shape index (κ3) is 4.80. The summed E-state index contributed by atoms with van der Waals surface area (Å²) in [6, 6.07) is 16.2. The van der Waals surface area contributed by atoms with Crippen LogP contribution in [0.3, 0.4) is 0 Å². The van der Waals surface area contributed by atoms with Gasteiger partial charge < -0.3 is 24.4 Å². The van der Waals surface area contributed by atoms with E-state index in [1.54, 1.807) is 17.2 Å². The molecule has 4 aromatic rings. The molecule has 0 saturated heterocycles. The molecule has 190 valence electrons. The summed E-state index contributed by atoms with van der Waals surface area (Å²) in [5.41, 5.74) is 6.34. The number of nitrogens with one attached hydrogen (secondary N) is 1. The van der Waals surface area contributed by atoms with Gasteiger partial charge in [0.25, 0.3) is 5.91 Å². The summed E-state index contributed by atoms with van der Waals surface area (Å²) in [7, 11) is 6.25. The Labute approximate surface area is 221 Å². The largest absolute Gasteiger partial charge is 0.490 e. The molecule has 3 heterocycles. The van der Waals surface area contributed by atoms with Crippen molar-refractivity contribution in [1.29, 1.82) is 0 Å². The highest BCUT2D eigenvalue weighted by Gasteiger charge is 2.25. The Balaban J connectivity index is 1.62. The van der Waals surface area contributed by atoms with Crippen LogP contribution >= 0.6 is 11.6 Å². The number of likely N-dealkylation sites (N-methyl/N-ethyl adjacent to an activating group) is 2. The van der Waals surface area contributed by atoms with Gasteiger partial charge in [0.05, 0.1) is 22.9 Å². The molecule has 2 aromatic carbocycles. The number of pyridine rings is 1. The third-order valence-corrected chi connectivity index (χ3v) is 6.99. The standard InChI is InChI=1S/C29H30ClN5O2/c1-5-25(36)35-16-17-37-24-11-8-20(18-23(24)35)26-27-22(30)12-13-31-29(27)32-28(26)19-6-9-21(10-7-19)34(4)15-14-33(2)3/h5-13,18H,1,14-17H2,2-4H3,(H,31,32). The number of rotatable bonds is 7. The molecule has 0 saturated carbocycles. The summed E-state index contributed by atoms with van der Waals surface area (Å²) in [4.78, 5) is 26.7. The number of nitrogens with zero attached hydrogens (tertiary/aromatic N) is 4. The van der Waals surface area contributed by atoms with E-state index in [9.17, 15) is 4.79 Å². The fourth-order valence-electron chi connectivity index (χ4n) is 4.66. The van der Waals surface area contributed by atoms with E-state index in [1.807, 2.05) is 18.2 Å². The number of aromatic amines is 1. The number of aromatic nitrogens is 2. The monoisotopic (exact) mass is 515 g/mol. The Hall–Kier alpha value is -3.81. The first kappa shape index (κ1) is 24.9. The summed E-state index contributed by atoms with van der Waals surface area (Å²) in [5.74, 6) is 0.510. The van der Waals surface area contributed by atoms with Gasteiger partial charge in [-0.15, -0.1) is 0 Å². The fraction of sp³-hybridized carbons (Fsp3) is 0.241. The zero-order valence-electron chi connectivity index (χ0n) is 21.3. The minimum Gasteiger partial charge on any atom is -0.490 e. The molecule has 0 unspecified atom stereocenters. The maximum absolute atomic E-state index is 12.6. The summed E-state index contributed by atoms with van der Waals surface area (Å²) in [5, 5.41) is 1.44. The van der Waals surface area contributed by atoms with Gasteiger partial charge in [-0.05, 0) is 61.6 Å². The van der Waals surface area contributed by atoms with Crippen LogP contribution in [-0.2, 0) is 4.79 Å². The number of benzene rings is 2. The van der Waals surface area contributed by atoms with Gasteiger partial charge in [-0.25, -0.2) is 4.98 Å². The van der Waals surface area contributed by atoms with Crippen LogP contribution in [0, 0.1) is 0 Å². The Morgan fingerprint density at radius 2 is 1.89 bits per heavy atom. The molecular formula is C29H30ClN5O2. The first-order chi connectivity index (χ1) is 17.9. The lowest BCUT2D eigenvalue weighted by Crippen LogP contribution is -2.36. The van der Waals surface area contributed by atoms with Crippen LogP contribution in [0.1, 0.15) is 0 Å². The molecule has 1 aliphatic rings. The molecule has 0 fully saturated rings. The Kier molecular flexibility index (Phi) is 6.91. The minimum absolute atomic E-state index is 0.158. The number of H-pyrrole nitrogens is 1. The highest BCUT2D eigenvalue weighted by Crippen LogP contribution is 2.44. The molecule has 7 nitrogen and oxygen atoms in total. The van der Waals surface area contributed by atoms with Gasteiger partial charge in [0.2, 0.25) is 0 Å². The SMILES string of the molecule is C=CC(=O)N1CCOc2ccc(-c3c(-c4ccc(N(C)CCN(C)C)cc4)[nH]c4nccc(Cl)c34)cc21. The summed E-state index contributed by atoms with van der Waals surface area (Å²) >= 11 is 6.71. The molecule has 0 radical (unpaired) electrons. The number of carbonyl (C=O) groups is 1. The second kappa shape index (κ2) is 10.3. The zero-order valence-corrected chi connectivity index (χ0v) is 22.0. The fourth-order valence-corrected chi connectivity index (χ4v) is 4.90. The van der Waals surface area contributed by atoms with E-state index in [0.717, 1.165) is 46.5 Å². The van der Waals surface area contributed by atoms with Crippen molar-refractivity contribution in [2.45, 2.75) is 0 Å². The maximum Gasteiger partial charge on any atom is 0.250 e. The number of anilines is 2.